The highest BCUT2D eigenvalue weighted by Gasteiger charge is 2.23. The number of halogens is 1. The van der Waals surface area contributed by atoms with Crippen molar-refractivity contribution >= 4 is 23.4 Å². The van der Waals surface area contributed by atoms with Crippen LogP contribution in [0.5, 0.6) is 11.5 Å². The third-order valence-electron chi connectivity index (χ3n) is 5.21. The summed E-state index contributed by atoms with van der Waals surface area (Å²) < 4.78 is 19.8. The van der Waals surface area contributed by atoms with Gasteiger partial charge in [0.25, 0.3) is 0 Å². The van der Waals surface area contributed by atoms with E-state index in [2.05, 4.69) is 5.10 Å². The monoisotopic (exact) mass is 443 g/mol. The van der Waals surface area contributed by atoms with Gasteiger partial charge in [0, 0.05) is 35.8 Å². The average molecular weight is 444 g/mol. The van der Waals surface area contributed by atoms with Crippen LogP contribution < -0.4 is 9.47 Å². The van der Waals surface area contributed by atoms with Crippen LogP contribution in [-0.4, -0.2) is 45.9 Å². The van der Waals surface area contributed by atoms with E-state index >= 15 is 0 Å². The fourth-order valence-corrected chi connectivity index (χ4v) is 4.01. The van der Waals surface area contributed by atoms with Gasteiger partial charge in [0.2, 0.25) is 5.78 Å². The quantitative estimate of drug-likeness (QED) is 0.442. The second-order valence-corrected chi connectivity index (χ2v) is 7.68. The summed E-state index contributed by atoms with van der Waals surface area (Å²) in [4.78, 5) is 25.2. The lowest BCUT2D eigenvalue weighted by molar-refractivity contribution is 0.0474. The van der Waals surface area contributed by atoms with E-state index in [4.69, 9.17) is 25.8 Å². The molecule has 3 aromatic rings. The van der Waals surface area contributed by atoms with E-state index in [0.29, 0.717) is 36.0 Å². The van der Waals surface area contributed by atoms with Crippen molar-refractivity contribution in [3.63, 3.8) is 0 Å². The molecule has 8 nitrogen and oxygen atoms in total. The lowest BCUT2D eigenvalue weighted by Crippen LogP contribution is -2.16. The van der Waals surface area contributed by atoms with Crippen molar-refractivity contribution in [2.45, 2.75) is 20.8 Å². The number of rotatable bonds is 5. The van der Waals surface area contributed by atoms with Crippen LogP contribution in [0.2, 0.25) is 5.15 Å². The molecule has 0 fully saturated rings. The van der Waals surface area contributed by atoms with Crippen molar-refractivity contribution in [3.8, 4) is 17.2 Å². The lowest BCUT2D eigenvalue weighted by Gasteiger charge is -2.20. The van der Waals surface area contributed by atoms with Crippen LogP contribution in [0.15, 0.2) is 24.3 Å². The van der Waals surface area contributed by atoms with Gasteiger partial charge in [-0.15, -0.1) is 0 Å². The molecule has 3 heterocycles. The Balaban J connectivity index is 1.54. The predicted molar refractivity (Wildman–Crippen MR) is 114 cm³/mol. The minimum Gasteiger partial charge on any atom is -0.486 e. The topological polar surface area (TPSA) is 84.6 Å². The Hall–Kier alpha value is -3.26. The Kier molecular flexibility index (Phi) is 5.49. The van der Waals surface area contributed by atoms with Crippen LogP contribution in [0.3, 0.4) is 0 Å². The van der Waals surface area contributed by atoms with Crippen molar-refractivity contribution < 1.29 is 23.8 Å². The molecule has 0 saturated heterocycles. The molecule has 0 radical (unpaired) electrons. The molecule has 162 valence electrons. The number of carbonyl (C=O) groups excluding carboxylic acids is 2. The van der Waals surface area contributed by atoms with Gasteiger partial charge in [0.15, 0.2) is 18.1 Å². The molecular weight excluding hydrogens is 422 g/mol. The van der Waals surface area contributed by atoms with E-state index in [1.54, 1.807) is 20.0 Å². The first-order valence-corrected chi connectivity index (χ1v) is 10.1. The molecule has 31 heavy (non-hydrogen) atoms. The summed E-state index contributed by atoms with van der Waals surface area (Å²) in [6, 6.07) is 7.43. The maximum Gasteiger partial charge on any atom is 0.343 e. The zero-order valence-electron chi connectivity index (χ0n) is 17.7. The lowest BCUT2D eigenvalue weighted by atomic mass is 10.1. The van der Waals surface area contributed by atoms with E-state index in [1.165, 1.54) is 4.68 Å². The van der Waals surface area contributed by atoms with Crippen molar-refractivity contribution in [1.82, 2.24) is 14.3 Å². The molecule has 0 N–H and O–H groups in total. The molecule has 1 aliphatic heterocycles. The molecule has 0 saturated carbocycles. The molecule has 4 rings (SSSR count). The molecular formula is C22H22ClN3O5. The largest absolute Gasteiger partial charge is 0.486 e. The summed E-state index contributed by atoms with van der Waals surface area (Å²) >= 11 is 6.10. The summed E-state index contributed by atoms with van der Waals surface area (Å²) in [5.74, 6) is 0.388. The van der Waals surface area contributed by atoms with Crippen LogP contribution in [0, 0.1) is 20.8 Å². The van der Waals surface area contributed by atoms with E-state index < -0.39 is 12.6 Å². The minimum absolute atomic E-state index is 0.165. The number of carbonyl (C=O) groups is 2. The van der Waals surface area contributed by atoms with Crippen LogP contribution >= 0.6 is 11.6 Å². The number of hydrogen-bond acceptors (Lipinski definition) is 6. The van der Waals surface area contributed by atoms with E-state index in [-0.39, 0.29) is 16.5 Å². The van der Waals surface area contributed by atoms with Crippen molar-refractivity contribution in [3.05, 3.63) is 57.6 Å². The Labute approximate surface area is 184 Å². The van der Waals surface area contributed by atoms with Gasteiger partial charge < -0.3 is 18.8 Å². The van der Waals surface area contributed by atoms with Crippen molar-refractivity contribution in [2.24, 2.45) is 7.05 Å². The van der Waals surface area contributed by atoms with Gasteiger partial charge in [-0.1, -0.05) is 11.6 Å². The minimum atomic E-state index is -0.676. The molecule has 1 aliphatic rings. The Morgan fingerprint density at radius 3 is 2.52 bits per heavy atom. The SMILES string of the molecule is Cc1nn(C)c(Cl)c1C(=O)OCC(=O)c1cc(C)n(-c2ccc3c(c2)OCCO3)c1C. The van der Waals surface area contributed by atoms with E-state index in [9.17, 15) is 9.59 Å². The number of fused-ring (bicyclic) bond motifs is 1. The smallest absolute Gasteiger partial charge is 0.343 e. The molecule has 1 aromatic carbocycles. The molecule has 0 bridgehead atoms. The molecule has 0 unspecified atom stereocenters. The first-order chi connectivity index (χ1) is 14.8. The van der Waals surface area contributed by atoms with Crippen molar-refractivity contribution in [2.75, 3.05) is 19.8 Å². The van der Waals surface area contributed by atoms with Gasteiger partial charge in [-0.3, -0.25) is 9.48 Å². The highest BCUT2D eigenvalue weighted by Crippen LogP contribution is 2.33. The van der Waals surface area contributed by atoms with Gasteiger partial charge >= 0.3 is 5.97 Å². The number of esters is 1. The highest BCUT2D eigenvalue weighted by molar-refractivity contribution is 6.32. The van der Waals surface area contributed by atoms with Crippen LogP contribution in [-0.2, 0) is 11.8 Å². The van der Waals surface area contributed by atoms with Crippen LogP contribution in [0.1, 0.15) is 37.8 Å². The van der Waals surface area contributed by atoms with Gasteiger partial charge in [-0.25, -0.2) is 4.79 Å². The highest BCUT2D eigenvalue weighted by atomic mass is 35.5. The molecule has 0 atom stereocenters. The summed E-state index contributed by atoms with van der Waals surface area (Å²) in [5, 5.41) is 4.26. The standard InChI is InChI=1S/C22H22ClN3O5/c1-12-9-16(17(27)11-31-22(28)20-13(2)24-25(4)21(20)23)14(3)26(12)15-5-6-18-19(10-15)30-8-7-29-18/h5-6,9-10H,7-8,11H2,1-4H3. The number of nitrogens with zero attached hydrogens (tertiary/aromatic N) is 3. The predicted octanol–water partition coefficient (Wildman–Crippen LogP) is 3.60. The van der Waals surface area contributed by atoms with Gasteiger partial charge in [0.05, 0.1) is 5.69 Å². The zero-order valence-corrected chi connectivity index (χ0v) is 18.4. The van der Waals surface area contributed by atoms with E-state index in [0.717, 1.165) is 17.1 Å². The van der Waals surface area contributed by atoms with Gasteiger partial charge in [0.1, 0.15) is 23.9 Å². The normalized spacial score (nSPS) is 12.7. The average Bonchev–Trinajstić information content (AvgIpc) is 3.19. The summed E-state index contributed by atoms with van der Waals surface area (Å²) in [6.07, 6.45) is 0. The number of benzene rings is 1. The van der Waals surface area contributed by atoms with Gasteiger partial charge in [-0.2, -0.15) is 5.10 Å². The number of Topliss-reactive ketones (excluding diaryl/α,β-unsaturated/α-hetero) is 1. The zero-order chi connectivity index (χ0) is 22.3. The summed E-state index contributed by atoms with van der Waals surface area (Å²) in [5.41, 5.74) is 3.56. The molecule has 2 aromatic heterocycles. The number of hydrogen-bond donors (Lipinski definition) is 0. The molecule has 0 amide bonds. The molecule has 0 aliphatic carbocycles. The number of ether oxygens (including phenoxy) is 3. The van der Waals surface area contributed by atoms with Gasteiger partial charge in [-0.05, 0) is 39.0 Å². The molecule has 9 heteroatoms. The Morgan fingerprint density at radius 2 is 1.84 bits per heavy atom. The third kappa shape index (κ3) is 3.79. The third-order valence-corrected chi connectivity index (χ3v) is 5.64. The first-order valence-electron chi connectivity index (χ1n) is 9.76. The number of aromatic nitrogens is 3. The van der Waals surface area contributed by atoms with Crippen LogP contribution in [0.25, 0.3) is 5.69 Å². The summed E-state index contributed by atoms with van der Waals surface area (Å²) in [7, 11) is 1.63. The Bertz CT molecular complexity index is 1190. The maximum absolute atomic E-state index is 12.8. The fraction of sp³-hybridized carbons (Fsp3) is 0.318. The second kappa shape index (κ2) is 8.11. The molecule has 0 spiro atoms. The maximum atomic E-state index is 12.8. The fourth-order valence-electron chi connectivity index (χ4n) is 3.76. The van der Waals surface area contributed by atoms with Crippen LogP contribution in [0.4, 0.5) is 0 Å². The first kappa shape index (κ1) is 21.0. The summed E-state index contributed by atoms with van der Waals surface area (Å²) in [6.45, 7) is 6.04. The number of aryl methyl sites for hydroxylation is 3. The Morgan fingerprint density at radius 1 is 1.13 bits per heavy atom. The second-order valence-electron chi connectivity index (χ2n) is 7.32. The van der Waals surface area contributed by atoms with Crippen molar-refractivity contribution in [1.29, 1.82) is 0 Å². The van der Waals surface area contributed by atoms with E-state index in [1.807, 2.05) is 36.6 Å². The number of ketones is 1.